The lowest BCUT2D eigenvalue weighted by Crippen LogP contribution is -2.44. The molecule has 0 aliphatic heterocycles. The third-order valence-electron chi connectivity index (χ3n) is 3.88. The maximum absolute atomic E-state index is 11.9. The van der Waals surface area contributed by atoms with Gasteiger partial charge in [0.15, 0.2) is 0 Å². The van der Waals surface area contributed by atoms with Crippen LogP contribution in [0.5, 0.6) is 5.75 Å². The van der Waals surface area contributed by atoms with Crippen molar-refractivity contribution >= 4 is 17.6 Å². The number of carbonyl (C=O) groups excluding carboxylic acids is 1. The number of rotatable bonds is 6. The molecule has 2 amide bonds. The largest absolute Gasteiger partial charge is 0.493 e. The molecule has 0 bridgehead atoms. The van der Waals surface area contributed by atoms with Crippen LogP contribution in [-0.4, -0.2) is 29.9 Å². The van der Waals surface area contributed by atoms with Gasteiger partial charge in [0.2, 0.25) is 0 Å². The lowest BCUT2D eigenvalue weighted by molar-refractivity contribution is 0.0501. The topological polar surface area (TPSA) is 70.6 Å². The van der Waals surface area contributed by atoms with Gasteiger partial charge in [0.25, 0.3) is 0 Å². The summed E-state index contributed by atoms with van der Waals surface area (Å²) in [6.45, 7) is 3.06. The fourth-order valence-electron chi connectivity index (χ4n) is 2.66. The molecule has 0 spiro atoms. The zero-order valence-electron chi connectivity index (χ0n) is 12.8. The Kier molecular flexibility index (Phi) is 5.91. The molecule has 0 heterocycles. The molecule has 0 radical (unpaired) electrons. The van der Waals surface area contributed by atoms with Crippen LogP contribution in [0.3, 0.4) is 0 Å². The fraction of sp³-hybridized carbons (Fsp3) is 0.562. The second kappa shape index (κ2) is 7.70. The van der Waals surface area contributed by atoms with Gasteiger partial charge in [-0.05, 0) is 31.9 Å². The lowest BCUT2D eigenvalue weighted by Gasteiger charge is -2.22. The van der Waals surface area contributed by atoms with Crippen molar-refractivity contribution in [3.05, 3.63) is 28.8 Å². The highest BCUT2D eigenvalue weighted by molar-refractivity contribution is 6.30. The second-order valence-electron chi connectivity index (χ2n) is 5.65. The molecule has 1 aromatic carbocycles. The van der Waals surface area contributed by atoms with Crippen molar-refractivity contribution in [1.82, 2.24) is 10.6 Å². The molecular weight excluding hydrogens is 304 g/mol. The Morgan fingerprint density at radius 2 is 2.09 bits per heavy atom. The molecule has 5 nitrogen and oxygen atoms in total. The van der Waals surface area contributed by atoms with Gasteiger partial charge in [-0.3, -0.25) is 0 Å². The number of ether oxygens (including phenoxy) is 1. The van der Waals surface area contributed by atoms with Gasteiger partial charge in [-0.25, -0.2) is 4.79 Å². The minimum atomic E-state index is -0.742. The van der Waals surface area contributed by atoms with Crippen molar-refractivity contribution in [2.45, 2.75) is 44.8 Å². The maximum atomic E-state index is 11.9. The minimum absolute atomic E-state index is 0.289. The molecule has 0 aromatic heterocycles. The van der Waals surface area contributed by atoms with Gasteiger partial charge in [0, 0.05) is 23.7 Å². The third kappa shape index (κ3) is 4.78. The predicted octanol–water partition coefficient (Wildman–Crippen LogP) is 2.84. The Balaban J connectivity index is 1.83. The molecule has 0 unspecified atom stereocenters. The molecule has 22 heavy (non-hydrogen) atoms. The van der Waals surface area contributed by atoms with Crippen LogP contribution in [0, 0.1) is 0 Å². The van der Waals surface area contributed by atoms with E-state index >= 15 is 0 Å². The van der Waals surface area contributed by atoms with Gasteiger partial charge in [-0.2, -0.15) is 0 Å². The standard InChI is InChI=1S/C16H23ClN2O3/c1-2-22-14-9-13(17)6-5-12(14)10-18-15(20)19-11-16(21)7-3-4-8-16/h5-6,9,21H,2-4,7-8,10-11H2,1H3,(H2,18,19,20). The molecule has 1 aliphatic rings. The van der Waals surface area contributed by atoms with Gasteiger partial charge in [-0.15, -0.1) is 0 Å². The zero-order chi connectivity index (χ0) is 16.0. The molecule has 1 fully saturated rings. The van der Waals surface area contributed by atoms with E-state index in [1.54, 1.807) is 12.1 Å². The van der Waals surface area contributed by atoms with Gasteiger partial charge >= 0.3 is 6.03 Å². The number of amides is 2. The van der Waals surface area contributed by atoms with Crippen LogP contribution < -0.4 is 15.4 Å². The first-order chi connectivity index (χ1) is 10.5. The van der Waals surface area contributed by atoms with Crippen LogP contribution in [0.25, 0.3) is 0 Å². The Morgan fingerprint density at radius 3 is 2.77 bits per heavy atom. The number of hydrogen-bond acceptors (Lipinski definition) is 3. The van der Waals surface area contributed by atoms with Crippen LogP contribution in [0.2, 0.25) is 5.02 Å². The van der Waals surface area contributed by atoms with E-state index in [4.69, 9.17) is 16.3 Å². The number of halogens is 1. The first kappa shape index (κ1) is 16.9. The van der Waals surface area contributed by atoms with E-state index < -0.39 is 5.60 Å². The van der Waals surface area contributed by atoms with E-state index in [9.17, 15) is 9.90 Å². The number of nitrogens with one attached hydrogen (secondary N) is 2. The molecule has 3 N–H and O–H groups in total. The van der Waals surface area contributed by atoms with Crippen LogP contribution >= 0.6 is 11.6 Å². The first-order valence-electron chi connectivity index (χ1n) is 7.68. The van der Waals surface area contributed by atoms with E-state index in [0.29, 0.717) is 23.9 Å². The zero-order valence-corrected chi connectivity index (χ0v) is 13.6. The summed E-state index contributed by atoms with van der Waals surface area (Å²) >= 11 is 5.95. The Labute approximate surface area is 136 Å². The van der Waals surface area contributed by atoms with Crippen molar-refractivity contribution in [3.8, 4) is 5.75 Å². The SMILES string of the molecule is CCOc1cc(Cl)ccc1CNC(=O)NCC1(O)CCCC1. The van der Waals surface area contributed by atoms with E-state index in [1.165, 1.54) is 0 Å². The quantitative estimate of drug-likeness (QED) is 0.753. The smallest absolute Gasteiger partial charge is 0.315 e. The summed E-state index contributed by atoms with van der Waals surface area (Å²) in [5.74, 6) is 0.671. The summed E-state index contributed by atoms with van der Waals surface area (Å²) in [6.07, 6.45) is 3.53. The Morgan fingerprint density at radius 1 is 1.36 bits per heavy atom. The van der Waals surface area contributed by atoms with Crippen molar-refractivity contribution in [2.75, 3.05) is 13.2 Å². The summed E-state index contributed by atoms with van der Waals surface area (Å²) in [6, 6.07) is 5.04. The minimum Gasteiger partial charge on any atom is -0.493 e. The molecule has 1 saturated carbocycles. The summed E-state index contributed by atoms with van der Waals surface area (Å²) in [7, 11) is 0. The van der Waals surface area contributed by atoms with E-state index in [2.05, 4.69) is 10.6 Å². The fourth-order valence-corrected chi connectivity index (χ4v) is 2.82. The van der Waals surface area contributed by atoms with Crippen molar-refractivity contribution in [3.63, 3.8) is 0 Å². The molecule has 2 rings (SSSR count). The lowest BCUT2D eigenvalue weighted by atomic mass is 10.0. The van der Waals surface area contributed by atoms with Gasteiger partial charge in [0.1, 0.15) is 5.75 Å². The highest BCUT2D eigenvalue weighted by atomic mass is 35.5. The number of urea groups is 1. The van der Waals surface area contributed by atoms with E-state index in [-0.39, 0.29) is 12.6 Å². The summed E-state index contributed by atoms with van der Waals surface area (Å²) in [5, 5.41) is 16.3. The Hall–Kier alpha value is -1.46. The number of hydrogen-bond donors (Lipinski definition) is 3. The van der Waals surface area contributed by atoms with Crippen LogP contribution in [0.4, 0.5) is 4.79 Å². The molecule has 0 atom stereocenters. The Bertz CT molecular complexity index is 516. The van der Waals surface area contributed by atoms with Crippen LogP contribution in [-0.2, 0) is 6.54 Å². The highest BCUT2D eigenvalue weighted by Gasteiger charge is 2.31. The van der Waals surface area contributed by atoms with Crippen molar-refractivity contribution in [1.29, 1.82) is 0 Å². The van der Waals surface area contributed by atoms with Gasteiger partial charge in [-0.1, -0.05) is 30.5 Å². The van der Waals surface area contributed by atoms with Gasteiger partial charge in [0.05, 0.1) is 12.2 Å². The van der Waals surface area contributed by atoms with Crippen LogP contribution in [0.15, 0.2) is 18.2 Å². The van der Waals surface area contributed by atoms with Crippen LogP contribution in [0.1, 0.15) is 38.2 Å². The monoisotopic (exact) mass is 326 g/mol. The number of aliphatic hydroxyl groups is 1. The second-order valence-corrected chi connectivity index (χ2v) is 6.09. The van der Waals surface area contributed by atoms with E-state index in [0.717, 1.165) is 31.2 Å². The summed E-state index contributed by atoms with van der Waals surface area (Å²) in [4.78, 5) is 11.9. The van der Waals surface area contributed by atoms with E-state index in [1.807, 2.05) is 13.0 Å². The summed E-state index contributed by atoms with van der Waals surface area (Å²) in [5.41, 5.74) is 0.120. The predicted molar refractivity (Wildman–Crippen MR) is 86.3 cm³/mol. The normalized spacial score (nSPS) is 16.3. The van der Waals surface area contributed by atoms with Crippen molar-refractivity contribution in [2.24, 2.45) is 0 Å². The van der Waals surface area contributed by atoms with Crippen molar-refractivity contribution < 1.29 is 14.6 Å². The molecule has 122 valence electrons. The highest BCUT2D eigenvalue weighted by Crippen LogP contribution is 2.28. The first-order valence-corrected chi connectivity index (χ1v) is 8.05. The average molecular weight is 327 g/mol. The third-order valence-corrected chi connectivity index (χ3v) is 4.12. The summed E-state index contributed by atoms with van der Waals surface area (Å²) < 4.78 is 5.51. The van der Waals surface area contributed by atoms with Gasteiger partial charge < -0.3 is 20.5 Å². The molecular formula is C16H23ClN2O3. The molecule has 1 aliphatic carbocycles. The maximum Gasteiger partial charge on any atom is 0.315 e. The number of carbonyl (C=O) groups is 1. The average Bonchev–Trinajstić information content (AvgIpc) is 2.92. The number of benzene rings is 1. The molecule has 6 heteroatoms. The molecule has 0 saturated heterocycles. The molecule has 1 aromatic rings.